The van der Waals surface area contributed by atoms with Gasteiger partial charge in [0.25, 0.3) is 5.91 Å². The minimum Gasteiger partial charge on any atom is -0.480 e. The van der Waals surface area contributed by atoms with Crippen molar-refractivity contribution in [2.75, 3.05) is 4.90 Å². The van der Waals surface area contributed by atoms with E-state index in [-0.39, 0.29) is 11.7 Å². The molecule has 0 radical (unpaired) electrons. The average molecular weight is 305 g/mol. The molecule has 0 saturated carbocycles. The Bertz CT molecular complexity index is 637. The normalized spacial score (nSPS) is 18.7. The van der Waals surface area contributed by atoms with Crippen molar-refractivity contribution in [1.29, 1.82) is 0 Å². The number of hydrogen-bond donors (Lipinski definition) is 1. The lowest BCUT2D eigenvalue weighted by atomic mass is 10.0. The number of hydrogen-bond acceptors (Lipinski definition) is 4. The molecular formula is C16H19NO5. The van der Waals surface area contributed by atoms with E-state index in [1.54, 1.807) is 12.1 Å². The zero-order valence-electron chi connectivity index (χ0n) is 13.0. The molecule has 22 heavy (non-hydrogen) atoms. The maximum absolute atomic E-state index is 12.6. The van der Waals surface area contributed by atoms with Crippen molar-refractivity contribution < 1.29 is 24.2 Å². The van der Waals surface area contributed by atoms with E-state index in [2.05, 4.69) is 0 Å². The van der Waals surface area contributed by atoms with Gasteiger partial charge in [-0.25, -0.2) is 4.79 Å². The number of rotatable bonds is 4. The number of Topliss-reactive ketones (excluding diaryl/α,β-unsaturated/α-hetero) is 1. The van der Waals surface area contributed by atoms with Gasteiger partial charge in [-0.2, -0.15) is 0 Å². The average Bonchev–Trinajstić information content (AvgIpc) is 2.44. The molecule has 0 saturated heterocycles. The summed E-state index contributed by atoms with van der Waals surface area (Å²) in [5.74, 6) is -1.37. The number of carboxylic acids is 1. The predicted octanol–water partition coefficient (Wildman–Crippen LogP) is 2.11. The Hall–Kier alpha value is -2.37. The molecule has 1 aromatic carbocycles. The number of ketones is 1. The van der Waals surface area contributed by atoms with Crippen LogP contribution in [0, 0.1) is 5.92 Å². The highest BCUT2D eigenvalue weighted by molar-refractivity contribution is 6.05. The lowest BCUT2D eigenvalue weighted by Crippen LogP contribution is -2.54. The van der Waals surface area contributed by atoms with Crippen molar-refractivity contribution >= 4 is 23.3 Å². The molecule has 1 aromatic rings. The van der Waals surface area contributed by atoms with Crippen LogP contribution in [0.25, 0.3) is 0 Å². The third-order valence-corrected chi connectivity index (χ3v) is 3.71. The number of amides is 1. The number of ether oxygens (including phenoxy) is 1. The van der Waals surface area contributed by atoms with Crippen molar-refractivity contribution in [3.05, 3.63) is 23.8 Å². The first-order chi connectivity index (χ1) is 10.2. The molecule has 0 bridgehead atoms. The molecule has 1 aliphatic rings. The van der Waals surface area contributed by atoms with Crippen LogP contribution < -0.4 is 9.64 Å². The van der Waals surface area contributed by atoms with E-state index in [0.717, 1.165) is 0 Å². The van der Waals surface area contributed by atoms with E-state index in [1.165, 1.54) is 24.8 Å². The number of carbonyl (C=O) groups excluding carboxylic acids is 2. The summed E-state index contributed by atoms with van der Waals surface area (Å²) in [4.78, 5) is 36.7. The first-order valence-corrected chi connectivity index (χ1v) is 7.11. The second kappa shape index (κ2) is 5.79. The Morgan fingerprint density at radius 1 is 1.27 bits per heavy atom. The fourth-order valence-corrected chi connectivity index (χ4v) is 2.40. The molecule has 6 nitrogen and oxygen atoms in total. The molecule has 0 aromatic heterocycles. The highest BCUT2D eigenvalue weighted by atomic mass is 16.5. The summed E-state index contributed by atoms with van der Waals surface area (Å²) in [5, 5.41) is 9.28. The number of nitrogens with zero attached hydrogens (tertiary/aromatic N) is 1. The van der Waals surface area contributed by atoms with Crippen LogP contribution in [-0.2, 0) is 9.59 Å². The summed E-state index contributed by atoms with van der Waals surface area (Å²) in [6, 6.07) is 3.68. The van der Waals surface area contributed by atoms with E-state index in [9.17, 15) is 19.5 Å². The van der Waals surface area contributed by atoms with Crippen molar-refractivity contribution in [3.8, 4) is 5.75 Å². The maximum atomic E-state index is 12.6. The van der Waals surface area contributed by atoms with Gasteiger partial charge in [0.1, 0.15) is 11.8 Å². The number of carbonyl (C=O) groups is 3. The molecule has 0 fully saturated rings. The molecule has 0 aliphatic carbocycles. The van der Waals surface area contributed by atoms with Crippen molar-refractivity contribution in [2.45, 2.75) is 39.8 Å². The van der Waals surface area contributed by atoms with Gasteiger partial charge in [0.2, 0.25) is 0 Å². The standard InChI is InChI=1S/C16H19NO5/c1-8(2)14-15(19)17(9(3)16(20)21)12-7-11(10(4)18)5-6-13(12)22-14/h5-9,14H,1-4H3,(H,20,21). The lowest BCUT2D eigenvalue weighted by molar-refractivity contribution is -0.141. The van der Waals surface area contributed by atoms with E-state index < -0.39 is 24.0 Å². The number of fused-ring (bicyclic) bond motifs is 1. The minimum absolute atomic E-state index is 0.100. The van der Waals surface area contributed by atoms with Crippen LogP contribution >= 0.6 is 0 Å². The van der Waals surface area contributed by atoms with Crippen LogP contribution in [0.2, 0.25) is 0 Å². The Kier molecular flexibility index (Phi) is 4.21. The molecule has 1 N–H and O–H groups in total. The summed E-state index contributed by atoms with van der Waals surface area (Å²) < 4.78 is 5.71. The largest absolute Gasteiger partial charge is 0.480 e. The van der Waals surface area contributed by atoms with Crippen LogP contribution in [0.5, 0.6) is 5.75 Å². The van der Waals surface area contributed by atoms with Crippen LogP contribution in [0.1, 0.15) is 38.1 Å². The van der Waals surface area contributed by atoms with Crippen molar-refractivity contribution in [2.24, 2.45) is 5.92 Å². The maximum Gasteiger partial charge on any atom is 0.326 e. The van der Waals surface area contributed by atoms with Crippen LogP contribution in [0.4, 0.5) is 5.69 Å². The Balaban J connectivity index is 2.59. The third-order valence-electron chi connectivity index (χ3n) is 3.71. The molecule has 1 amide bonds. The second-order valence-corrected chi connectivity index (χ2v) is 5.74. The number of aliphatic carboxylic acids is 1. The van der Waals surface area contributed by atoms with Gasteiger partial charge in [-0.1, -0.05) is 13.8 Å². The van der Waals surface area contributed by atoms with Crippen LogP contribution in [0.15, 0.2) is 18.2 Å². The number of carboxylic acid groups (broad SMARTS) is 1. The summed E-state index contributed by atoms with van der Waals surface area (Å²) in [6.45, 7) is 6.52. The summed E-state index contributed by atoms with van der Waals surface area (Å²) in [6.07, 6.45) is -0.738. The topological polar surface area (TPSA) is 83.9 Å². The second-order valence-electron chi connectivity index (χ2n) is 5.74. The van der Waals surface area contributed by atoms with Crippen molar-refractivity contribution in [1.82, 2.24) is 0 Å². The molecule has 118 valence electrons. The third kappa shape index (κ3) is 2.68. The first-order valence-electron chi connectivity index (χ1n) is 7.11. The van der Waals surface area contributed by atoms with E-state index >= 15 is 0 Å². The lowest BCUT2D eigenvalue weighted by Gasteiger charge is -2.38. The van der Waals surface area contributed by atoms with Crippen molar-refractivity contribution in [3.63, 3.8) is 0 Å². The van der Waals surface area contributed by atoms with Gasteiger partial charge in [0.15, 0.2) is 11.9 Å². The van der Waals surface area contributed by atoms with Gasteiger partial charge in [0, 0.05) is 5.56 Å². The first kappa shape index (κ1) is 16.0. The summed E-state index contributed by atoms with van der Waals surface area (Å²) >= 11 is 0. The van der Waals surface area contributed by atoms with E-state index in [4.69, 9.17) is 4.74 Å². The fraction of sp³-hybridized carbons (Fsp3) is 0.438. The van der Waals surface area contributed by atoms with Crippen LogP contribution in [0.3, 0.4) is 0 Å². The predicted molar refractivity (Wildman–Crippen MR) is 80.3 cm³/mol. The molecule has 2 rings (SSSR count). The fourth-order valence-electron chi connectivity index (χ4n) is 2.40. The highest BCUT2D eigenvalue weighted by Gasteiger charge is 2.40. The number of anilines is 1. The van der Waals surface area contributed by atoms with Gasteiger partial charge < -0.3 is 9.84 Å². The summed E-state index contributed by atoms with van der Waals surface area (Å²) in [5.41, 5.74) is 0.727. The van der Waals surface area contributed by atoms with Gasteiger partial charge in [-0.15, -0.1) is 0 Å². The van der Waals surface area contributed by atoms with E-state index in [1.807, 2.05) is 13.8 Å². The Morgan fingerprint density at radius 3 is 2.41 bits per heavy atom. The quantitative estimate of drug-likeness (QED) is 0.861. The molecule has 1 aliphatic heterocycles. The van der Waals surface area contributed by atoms with Gasteiger partial charge >= 0.3 is 5.97 Å². The Morgan fingerprint density at radius 2 is 1.91 bits per heavy atom. The minimum atomic E-state index is -1.11. The molecule has 2 atom stereocenters. The zero-order valence-corrected chi connectivity index (χ0v) is 13.0. The highest BCUT2D eigenvalue weighted by Crippen LogP contribution is 2.37. The molecule has 2 unspecified atom stereocenters. The van der Waals surface area contributed by atoms with Gasteiger partial charge in [0.05, 0.1) is 5.69 Å². The monoisotopic (exact) mass is 305 g/mol. The Labute approximate surface area is 128 Å². The van der Waals surface area contributed by atoms with Gasteiger partial charge in [-0.3, -0.25) is 14.5 Å². The molecule has 0 spiro atoms. The van der Waals surface area contributed by atoms with Crippen LogP contribution in [-0.4, -0.2) is 34.9 Å². The van der Waals surface area contributed by atoms with E-state index in [0.29, 0.717) is 17.0 Å². The molecule has 6 heteroatoms. The summed E-state index contributed by atoms with van der Waals surface area (Å²) in [7, 11) is 0. The number of benzene rings is 1. The zero-order chi connectivity index (χ0) is 16.6. The molecular weight excluding hydrogens is 286 g/mol. The molecule has 1 heterocycles. The SMILES string of the molecule is CC(=O)c1ccc2c(c1)N(C(C)C(=O)O)C(=O)C(C(C)C)O2. The smallest absolute Gasteiger partial charge is 0.326 e. The van der Waals surface area contributed by atoms with Gasteiger partial charge in [-0.05, 0) is 38.0 Å².